The van der Waals surface area contributed by atoms with Crippen LogP contribution in [0.15, 0.2) is 30.3 Å². The highest BCUT2D eigenvalue weighted by atomic mass is 35.5. The fraction of sp³-hybridized carbons (Fsp3) is 0.333. The highest BCUT2D eigenvalue weighted by molar-refractivity contribution is 7.11. The van der Waals surface area contributed by atoms with Crippen molar-refractivity contribution in [1.29, 1.82) is 0 Å². The summed E-state index contributed by atoms with van der Waals surface area (Å²) in [5.74, 6) is -0.359. The molecule has 102 valence electrons. The third-order valence-electron chi connectivity index (χ3n) is 2.94. The van der Waals surface area contributed by atoms with Gasteiger partial charge < -0.3 is 5.32 Å². The van der Waals surface area contributed by atoms with E-state index in [2.05, 4.69) is 31.3 Å². The highest BCUT2D eigenvalue weighted by Gasteiger charge is 2.06. The Morgan fingerprint density at radius 1 is 1.32 bits per heavy atom. The second-order valence-corrected chi connectivity index (χ2v) is 6.53. The maximum atomic E-state index is 13.3. The van der Waals surface area contributed by atoms with Crippen LogP contribution in [-0.4, -0.2) is 6.04 Å². The summed E-state index contributed by atoms with van der Waals surface area (Å²) in [5, 5.41) is 3.57. The third-order valence-corrected chi connectivity index (χ3v) is 4.27. The SMILES string of the molecule is Cc1ccc(CC(C)NCc2ccc(Cl)c(F)c2)s1. The van der Waals surface area contributed by atoms with Crippen molar-refractivity contribution in [3.05, 3.63) is 56.5 Å². The Morgan fingerprint density at radius 3 is 2.74 bits per heavy atom. The summed E-state index contributed by atoms with van der Waals surface area (Å²) in [6, 6.07) is 9.59. The van der Waals surface area contributed by atoms with E-state index in [0.29, 0.717) is 12.6 Å². The standard InChI is InChI=1S/C15H17ClFNS/c1-10(7-13-5-3-11(2)19-13)18-9-12-4-6-14(16)15(17)8-12/h3-6,8,10,18H,7,9H2,1-2H3. The van der Waals surface area contributed by atoms with Gasteiger partial charge >= 0.3 is 0 Å². The molecule has 0 aliphatic heterocycles. The lowest BCUT2D eigenvalue weighted by Crippen LogP contribution is -2.27. The summed E-state index contributed by atoms with van der Waals surface area (Å²) in [6.45, 7) is 4.91. The van der Waals surface area contributed by atoms with Gasteiger partial charge in [0.1, 0.15) is 5.82 Å². The predicted octanol–water partition coefficient (Wildman–Crippen LogP) is 4.57. The normalized spacial score (nSPS) is 12.6. The van der Waals surface area contributed by atoms with Crippen LogP contribution in [0.3, 0.4) is 0 Å². The van der Waals surface area contributed by atoms with Gasteiger partial charge in [0.15, 0.2) is 0 Å². The molecule has 0 radical (unpaired) electrons. The number of halogens is 2. The van der Waals surface area contributed by atoms with Crippen molar-refractivity contribution in [2.45, 2.75) is 32.9 Å². The van der Waals surface area contributed by atoms with Crippen LogP contribution in [0.2, 0.25) is 5.02 Å². The van der Waals surface area contributed by atoms with Crippen molar-refractivity contribution in [3.8, 4) is 0 Å². The second-order valence-electron chi connectivity index (χ2n) is 4.75. The summed E-state index contributed by atoms with van der Waals surface area (Å²) in [7, 11) is 0. The highest BCUT2D eigenvalue weighted by Crippen LogP contribution is 2.18. The molecular formula is C15H17ClFNS. The zero-order chi connectivity index (χ0) is 13.8. The van der Waals surface area contributed by atoms with E-state index in [9.17, 15) is 4.39 Å². The lowest BCUT2D eigenvalue weighted by Gasteiger charge is -2.13. The minimum atomic E-state index is -0.359. The molecule has 0 saturated heterocycles. The molecule has 2 rings (SSSR count). The van der Waals surface area contributed by atoms with Crippen molar-refractivity contribution >= 4 is 22.9 Å². The first kappa shape index (κ1) is 14.5. The molecule has 1 atom stereocenters. The summed E-state index contributed by atoms with van der Waals surface area (Å²) in [6.07, 6.45) is 0.995. The minimum absolute atomic E-state index is 0.172. The Hall–Kier alpha value is -0.900. The average molecular weight is 298 g/mol. The number of hydrogen-bond acceptors (Lipinski definition) is 2. The smallest absolute Gasteiger partial charge is 0.142 e. The van der Waals surface area contributed by atoms with Gasteiger partial charge in [-0.25, -0.2) is 4.39 Å². The maximum Gasteiger partial charge on any atom is 0.142 e. The van der Waals surface area contributed by atoms with Gasteiger partial charge in [-0.1, -0.05) is 17.7 Å². The van der Waals surface area contributed by atoms with E-state index in [1.54, 1.807) is 6.07 Å². The quantitative estimate of drug-likeness (QED) is 0.852. The van der Waals surface area contributed by atoms with E-state index in [4.69, 9.17) is 11.6 Å². The van der Waals surface area contributed by atoms with Crippen LogP contribution in [0, 0.1) is 12.7 Å². The average Bonchev–Trinajstić information content (AvgIpc) is 2.76. The van der Waals surface area contributed by atoms with Crippen LogP contribution in [-0.2, 0) is 13.0 Å². The lowest BCUT2D eigenvalue weighted by atomic mass is 10.1. The van der Waals surface area contributed by atoms with Gasteiger partial charge in [0.25, 0.3) is 0 Å². The van der Waals surface area contributed by atoms with E-state index in [-0.39, 0.29) is 10.8 Å². The Labute approximate surface area is 122 Å². The number of thiophene rings is 1. The number of rotatable bonds is 5. The maximum absolute atomic E-state index is 13.3. The number of hydrogen-bond donors (Lipinski definition) is 1. The summed E-state index contributed by atoms with van der Waals surface area (Å²) in [5.41, 5.74) is 0.913. The van der Waals surface area contributed by atoms with Crippen molar-refractivity contribution in [1.82, 2.24) is 5.32 Å². The molecular weight excluding hydrogens is 281 g/mol. The molecule has 4 heteroatoms. The Balaban J connectivity index is 1.86. The molecule has 1 aromatic heterocycles. The van der Waals surface area contributed by atoms with Crippen LogP contribution < -0.4 is 5.32 Å². The van der Waals surface area contributed by atoms with Gasteiger partial charge in [0.2, 0.25) is 0 Å². The molecule has 0 fully saturated rings. The van der Waals surface area contributed by atoms with E-state index in [0.717, 1.165) is 12.0 Å². The summed E-state index contributed by atoms with van der Waals surface area (Å²) in [4.78, 5) is 2.71. The molecule has 0 aliphatic carbocycles. The van der Waals surface area contributed by atoms with E-state index < -0.39 is 0 Å². The van der Waals surface area contributed by atoms with E-state index in [1.165, 1.54) is 15.8 Å². The first-order valence-corrected chi connectivity index (χ1v) is 7.46. The van der Waals surface area contributed by atoms with Crippen molar-refractivity contribution in [3.63, 3.8) is 0 Å². The molecule has 19 heavy (non-hydrogen) atoms. The molecule has 0 amide bonds. The van der Waals surface area contributed by atoms with Crippen LogP contribution in [0.1, 0.15) is 22.2 Å². The molecule has 1 nitrogen and oxygen atoms in total. The first-order chi connectivity index (χ1) is 9.04. The second kappa shape index (κ2) is 6.51. The Kier molecular flexibility index (Phi) is 4.97. The Bertz CT molecular complexity index is 553. The largest absolute Gasteiger partial charge is 0.310 e. The number of aryl methyl sites for hydroxylation is 1. The van der Waals surface area contributed by atoms with E-state index >= 15 is 0 Å². The zero-order valence-electron chi connectivity index (χ0n) is 11.0. The molecule has 1 aromatic carbocycles. The number of benzene rings is 1. The predicted molar refractivity (Wildman–Crippen MR) is 80.5 cm³/mol. The Morgan fingerprint density at radius 2 is 2.11 bits per heavy atom. The molecule has 2 aromatic rings. The van der Waals surface area contributed by atoms with Crippen molar-refractivity contribution in [2.75, 3.05) is 0 Å². The molecule has 1 heterocycles. The molecule has 1 N–H and O–H groups in total. The summed E-state index contributed by atoms with van der Waals surface area (Å²) >= 11 is 7.48. The molecule has 0 aliphatic rings. The molecule has 0 bridgehead atoms. The van der Waals surface area contributed by atoms with Gasteiger partial charge in [0, 0.05) is 22.3 Å². The van der Waals surface area contributed by atoms with Gasteiger partial charge in [-0.3, -0.25) is 0 Å². The molecule has 0 spiro atoms. The zero-order valence-corrected chi connectivity index (χ0v) is 12.6. The summed E-state index contributed by atoms with van der Waals surface area (Å²) < 4.78 is 13.3. The third kappa shape index (κ3) is 4.30. The van der Waals surface area contributed by atoms with Gasteiger partial charge in [-0.15, -0.1) is 11.3 Å². The van der Waals surface area contributed by atoms with E-state index in [1.807, 2.05) is 17.4 Å². The van der Waals surface area contributed by atoms with Crippen LogP contribution in [0.5, 0.6) is 0 Å². The van der Waals surface area contributed by atoms with Gasteiger partial charge in [0.05, 0.1) is 5.02 Å². The van der Waals surface area contributed by atoms with Crippen LogP contribution in [0.4, 0.5) is 4.39 Å². The van der Waals surface area contributed by atoms with Crippen molar-refractivity contribution < 1.29 is 4.39 Å². The van der Waals surface area contributed by atoms with Crippen LogP contribution in [0.25, 0.3) is 0 Å². The van der Waals surface area contributed by atoms with Crippen molar-refractivity contribution in [2.24, 2.45) is 0 Å². The molecule has 0 saturated carbocycles. The fourth-order valence-electron chi connectivity index (χ4n) is 1.91. The van der Waals surface area contributed by atoms with Crippen LogP contribution >= 0.6 is 22.9 Å². The number of nitrogens with one attached hydrogen (secondary N) is 1. The molecule has 1 unspecified atom stereocenters. The van der Waals surface area contributed by atoms with Gasteiger partial charge in [-0.05, 0) is 50.1 Å². The fourth-order valence-corrected chi connectivity index (χ4v) is 3.05. The minimum Gasteiger partial charge on any atom is -0.310 e. The first-order valence-electron chi connectivity index (χ1n) is 6.27. The topological polar surface area (TPSA) is 12.0 Å². The monoisotopic (exact) mass is 297 g/mol. The van der Waals surface area contributed by atoms with Gasteiger partial charge in [-0.2, -0.15) is 0 Å². The lowest BCUT2D eigenvalue weighted by molar-refractivity contribution is 0.545.